The van der Waals surface area contributed by atoms with Crippen molar-refractivity contribution in [1.29, 1.82) is 0 Å². The van der Waals surface area contributed by atoms with E-state index < -0.39 is 0 Å². The van der Waals surface area contributed by atoms with Gasteiger partial charge < -0.3 is 9.47 Å². The third-order valence-corrected chi connectivity index (χ3v) is 7.24. The minimum atomic E-state index is -0.363. The molecule has 0 atom stereocenters. The van der Waals surface area contributed by atoms with Crippen molar-refractivity contribution >= 4 is 42.8 Å². The fourth-order valence-corrected chi connectivity index (χ4v) is 5.01. The van der Waals surface area contributed by atoms with Gasteiger partial charge in [0.15, 0.2) is 0 Å². The molecule has 0 spiro atoms. The van der Waals surface area contributed by atoms with E-state index in [0.29, 0.717) is 34.4 Å². The highest BCUT2D eigenvalue weighted by molar-refractivity contribution is 6.20. The molecule has 2 fully saturated rings. The van der Waals surface area contributed by atoms with Gasteiger partial charge in [-0.05, 0) is 89.7 Å². The van der Waals surface area contributed by atoms with Crippen LogP contribution < -0.4 is 19.3 Å². The number of rotatable bonds is 8. The molecule has 206 valence electrons. The minimum Gasteiger partial charge on any atom is -0.457 e. The molecule has 2 saturated heterocycles. The smallest absolute Gasteiger partial charge is 0.234 e. The maximum absolute atomic E-state index is 11.9. The highest BCUT2D eigenvalue weighted by Crippen LogP contribution is 2.31. The number of anilines is 2. The lowest BCUT2D eigenvalue weighted by atomic mass is 9.76. The molecular weight excluding hydrogens is 531 g/mol. The molecule has 2 aliphatic rings. The van der Waals surface area contributed by atoms with Crippen LogP contribution in [0.5, 0.6) is 23.0 Å². The Morgan fingerprint density at radius 3 is 1.00 bits per heavy atom. The molecule has 0 saturated carbocycles. The van der Waals surface area contributed by atoms with Gasteiger partial charge >= 0.3 is 0 Å². The lowest BCUT2D eigenvalue weighted by Gasteiger charge is -2.16. The summed E-state index contributed by atoms with van der Waals surface area (Å²) in [6, 6.07) is 28.6. The van der Waals surface area contributed by atoms with Gasteiger partial charge in [0, 0.05) is 25.7 Å². The van der Waals surface area contributed by atoms with Gasteiger partial charge in [-0.25, -0.2) is 0 Å². The van der Waals surface area contributed by atoms with Crippen molar-refractivity contribution in [3.63, 3.8) is 0 Å². The van der Waals surface area contributed by atoms with Gasteiger partial charge in [0.2, 0.25) is 23.6 Å². The first-order valence-electron chi connectivity index (χ1n) is 13.6. The average molecular weight is 556 g/mol. The summed E-state index contributed by atoms with van der Waals surface area (Å²) in [5.74, 6) is 1.29. The fourth-order valence-electron chi connectivity index (χ4n) is 5.01. The Morgan fingerprint density at radius 1 is 0.452 bits per heavy atom. The average Bonchev–Trinajstić information content (AvgIpc) is 3.53. The van der Waals surface area contributed by atoms with Crippen LogP contribution in [0, 0.1) is 0 Å². The third-order valence-electron chi connectivity index (χ3n) is 7.24. The lowest BCUT2D eigenvalue weighted by molar-refractivity contribution is -0.122. The summed E-state index contributed by atoms with van der Waals surface area (Å²) in [5.41, 5.74) is 2.88. The summed E-state index contributed by atoms with van der Waals surface area (Å²) < 4.78 is 11.9. The van der Waals surface area contributed by atoms with Gasteiger partial charge in [-0.2, -0.15) is 0 Å². The maximum atomic E-state index is 11.9. The molecule has 0 aromatic heterocycles. The molecule has 42 heavy (non-hydrogen) atoms. The molecule has 4 aromatic rings. The number of carbonyl (C=O) groups excluding carboxylic acids is 4. The van der Waals surface area contributed by atoms with Crippen LogP contribution in [0.15, 0.2) is 97.1 Å². The molecule has 2 aliphatic heterocycles. The largest absolute Gasteiger partial charge is 0.457 e. The highest BCUT2D eigenvalue weighted by atomic mass is 16.5. The predicted molar refractivity (Wildman–Crippen MR) is 157 cm³/mol. The van der Waals surface area contributed by atoms with Crippen LogP contribution in [0.4, 0.5) is 11.4 Å². The number of imide groups is 2. The highest BCUT2D eigenvalue weighted by Gasteiger charge is 2.31. The second kappa shape index (κ2) is 11.4. The van der Waals surface area contributed by atoms with Gasteiger partial charge in [0.25, 0.3) is 0 Å². The number of nitrogens with zero attached hydrogens (tertiary/aromatic N) is 2. The molecule has 9 heteroatoms. The number of benzene rings is 4. The fraction of sp³-hybridized carbons (Fsp3) is 0.152. The zero-order valence-electron chi connectivity index (χ0n) is 22.6. The van der Waals surface area contributed by atoms with Crippen molar-refractivity contribution in [3.05, 3.63) is 108 Å². The second-order valence-electron chi connectivity index (χ2n) is 10.1. The quantitative estimate of drug-likeness (QED) is 0.200. The van der Waals surface area contributed by atoms with E-state index in [1.807, 2.05) is 48.5 Å². The molecule has 4 aromatic carbocycles. The first-order valence-corrected chi connectivity index (χ1v) is 13.6. The van der Waals surface area contributed by atoms with E-state index in [1.165, 1.54) is 9.80 Å². The molecule has 6 rings (SSSR count). The number of hydrogen-bond donors (Lipinski definition) is 0. The first-order chi connectivity index (χ1) is 20.4. The van der Waals surface area contributed by atoms with Gasteiger partial charge in [-0.3, -0.25) is 29.0 Å². The van der Waals surface area contributed by atoms with Gasteiger partial charge in [-0.15, -0.1) is 0 Å². The summed E-state index contributed by atoms with van der Waals surface area (Å²) in [4.78, 5) is 50.2. The Kier molecular flexibility index (Phi) is 7.31. The van der Waals surface area contributed by atoms with E-state index in [1.54, 1.807) is 48.5 Å². The predicted octanol–water partition coefficient (Wildman–Crippen LogP) is 5.84. The molecule has 4 amide bonds. The molecule has 2 heterocycles. The van der Waals surface area contributed by atoms with Gasteiger partial charge in [0.05, 0.1) is 19.2 Å². The molecular formula is C33H25BN2O6. The van der Waals surface area contributed by atoms with Crippen molar-refractivity contribution < 1.29 is 28.7 Å². The van der Waals surface area contributed by atoms with Gasteiger partial charge in [-0.1, -0.05) is 24.3 Å². The zero-order chi connectivity index (χ0) is 29.2. The van der Waals surface area contributed by atoms with Crippen LogP contribution in [0.2, 0.25) is 0 Å². The zero-order valence-corrected chi connectivity index (χ0v) is 22.6. The Balaban J connectivity index is 1.05. The summed E-state index contributed by atoms with van der Waals surface area (Å²) >= 11 is 0. The summed E-state index contributed by atoms with van der Waals surface area (Å²) in [6.45, 7) is 0. The molecule has 0 aliphatic carbocycles. The monoisotopic (exact) mass is 556 g/mol. The van der Waals surface area contributed by atoms with Crippen LogP contribution in [0.3, 0.4) is 0 Å². The second-order valence-corrected chi connectivity index (χ2v) is 10.1. The van der Waals surface area contributed by atoms with E-state index in [4.69, 9.17) is 17.3 Å². The van der Waals surface area contributed by atoms with E-state index in [2.05, 4.69) is 0 Å². The molecule has 0 bridgehead atoms. The Labute approximate surface area is 243 Å². The van der Waals surface area contributed by atoms with Crippen LogP contribution in [-0.2, 0) is 19.2 Å². The first kappa shape index (κ1) is 27.0. The topological polar surface area (TPSA) is 93.2 Å². The Morgan fingerprint density at radius 2 is 0.714 bits per heavy atom. The van der Waals surface area contributed by atoms with Crippen molar-refractivity contribution in [1.82, 2.24) is 0 Å². The van der Waals surface area contributed by atoms with Crippen molar-refractivity contribution in [3.8, 4) is 23.0 Å². The Bertz CT molecular complexity index is 1490. The Hall–Kier alpha value is -5.18. The molecule has 8 nitrogen and oxygen atoms in total. The SMILES string of the molecule is [B]C(c1ccc(Oc2ccc(N3C(=O)CCC3=O)cc2)cc1)c1ccc(Oc2ccc(N3C(=O)CCC3=O)cc2)cc1. The summed E-state index contributed by atoms with van der Waals surface area (Å²) in [6.07, 6.45) is 0.971. The number of carbonyl (C=O) groups is 4. The molecule has 0 N–H and O–H groups in total. The van der Waals surface area contributed by atoms with E-state index in [-0.39, 0.29) is 55.1 Å². The van der Waals surface area contributed by atoms with Crippen molar-refractivity contribution in [2.45, 2.75) is 31.5 Å². The normalized spacial score (nSPS) is 15.2. The standard InChI is InChI=1S/C33H25BN2O6/c34-33(21-1-9-25(10-2-21)41-27-13-5-23(6-14-27)35-29(37)17-18-30(35)38)22-3-11-26(12-4-22)42-28-15-7-24(8-16-28)36-31(39)19-20-32(36)40/h1-16,33H,17-20H2. The van der Waals surface area contributed by atoms with E-state index >= 15 is 0 Å². The van der Waals surface area contributed by atoms with Gasteiger partial charge in [0.1, 0.15) is 23.0 Å². The maximum Gasteiger partial charge on any atom is 0.234 e. The minimum absolute atomic E-state index is 0.190. The number of ether oxygens (including phenoxy) is 2. The van der Waals surface area contributed by atoms with E-state index in [9.17, 15) is 19.2 Å². The third kappa shape index (κ3) is 5.54. The van der Waals surface area contributed by atoms with Crippen LogP contribution in [-0.4, -0.2) is 31.5 Å². The van der Waals surface area contributed by atoms with Crippen LogP contribution >= 0.6 is 0 Å². The van der Waals surface area contributed by atoms with Crippen molar-refractivity contribution in [2.75, 3.05) is 9.80 Å². The summed E-state index contributed by atoms with van der Waals surface area (Å²) in [7, 11) is 6.52. The molecule has 0 unspecified atom stereocenters. The molecule has 2 radical (unpaired) electrons. The summed E-state index contributed by atoms with van der Waals surface area (Å²) in [5, 5.41) is 0. The van der Waals surface area contributed by atoms with Crippen LogP contribution in [0.1, 0.15) is 42.6 Å². The number of amides is 4. The van der Waals surface area contributed by atoms with E-state index in [0.717, 1.165) is 11.1 Å². The lowest BCUT2D eigenvalue weighted by Crippen LogP contribution is -2.28. The van der Waals surface area contributed by atoms with Crippen LogP contribution in [0.25, 0.3) is 0 Å². The number of hydrogen-bond acceptors (Lipinski definition) is 6. The van der Waals surface area contributed by atoms with Crippen molar-refractivity contribution in [2.24, 2.45) is 0 Å².